The summed E-state index contributed by atoms with van der Waals surface area (Å²) in [7, 11) is 1.89. The van der Waals surface area contributed by atoms with Gasteiger partial charge in [0, 0.05) is 30.9 Å². The summed E-state index contributed by atoms with van der Waals surface area (Å²) in [4.78, 5) is 12.3. The fourth-order valence-corrected chi connectivity index (χ4v) is 3.37. The molecule has 0 spiro atoms. The van der Waals surface area contributed by atoms with Gasteiger partial charge in [0.2, 0.25) is 5.91 Å². The monoisotopic (exact) mass is 315 g/mol. The molecule has 124 valence electrons. The van der Waals surface area contributed by atoms with Crippen LogP contribution in [0.15, 0.2) is 24.8 Å². The topological polar surface area (TPSA) is 64.7 Å². The van der Waals surface area contributed by atoms with Gasteiger partial charge in [-0.1, -0.05) is 32.6 Å². The van der Waals surface area contributed by atoms with Crippen molar-refractivity contribution in [1.29, 1.82) is 0 Å². The molecule has 23 heavy (non-hydrogen) atoms. The Bertz CT molecular complexity index is 653. The number of carbonyl (C=O) groups is 1. The first-order valence-corrected chi connectivity index (χ1v) is 8.41. The van der Waals surface area contributed by atoms with Crippen LogP contribution in [0.3, 0.4) is 0 Å². The molecule has 0 radical (unpaired) electrons. The molecule has 1 atom stereocenters. The second-order valence-corrected chi connectivity index (χ2v) is 6.73. The number of carbonyl (C=O) groups excluding carboxylic acids is 1. The first kappa shape index (κ1) is 15.8. The van der Waals surface area contributed by atoms with E-state index in [1.54, 1.807) is 10.9 Å². The van der Waals surface area contributed by atoms with Crippen molar-refractivity contribution in [3.8, 4) is 0 Å². The van der Waals surface area contributed by atoms with E-state index in [0.717, 1.165) is 23.6 Å². The SMILES string of the molecule is CC(CC1CCCC1)C(=O)Nc1cnn(Cc2cnn(C)c2)c1. The van der Waals surface area contributed by atoms with Crippen molar-refractivity contribution >= 4 is 11.6 Å². The van der Waals surface area contributed by atoms with Crippen LogP contribution in [-0.4, -0.2) is 25.5 Å². The third-order valence-corrected chi connectivity index (χ3v) is 4.61. The van der Waals surface area contributed by atoms with Crippen LogP contribution in [0.2, 0.25) is 0 Å². The third kappa shape index (κ3) is 4.21. The Morgan fingerprint density at radius 2 is 2.09 bits per heavy atom. The van der Waals surface area contributed by atoms with E-state index in [0.29, 0.717) is 6.54 Å². The van der Waals surface area contributed by atoms with Gasteiger partial charge in [-0.2, -0.15) is 10.2 Å². The number of nitrogens with one attached hydrogen (secondary N) is 1. The zero-order valence-corrected chi connectivity index (χ0v) is 13.9. The molecule has 1 fully saturated rings. The molecule has 3 rings (SSSR count). The predicted molar refractivity (Wildman–Crippen MR) is 88.9 cm³/mol. The van der Waals surface area contributed by atoms with Crippen molar-refractivity contribution in [2.75, 3.05) is 5.32 Å². The molecule has 0 bridgehead atoms. The normalized spacial score (nSPS) is 16.6. The fraction of sp³-hybridized carbons (Fsp3) is 0.588. The molecule has 1 unspecified atom stereocenters. The van der Waals surface area contributed by atoms with E-state index in [9.17, 15) is 4.79 Å². The van der Waals surface area contributed by atoms with Crippen LogP contribution >= 0.6 is 0 Å². The minimum Gasteiger partial charge on any atom is -0.323 e. The average molecular weight is 315 g/mol. The highest BCUT2D eigenvalue weighted by molar-refractivity contribution is 5.92. The lowest BCUT2D eigenvalue weighted by molar-refractivity contribution is -0.119. The number of aromatic nitrogens is 4. The van der Waals surface area contributed by atoms with Gasteiger partial charge >= 0.3 is 0 Å². The van der Waals surface area contributed by atoms with E-state index >= 15 is 0 Å². The van der Waals surface area contributed by atoms with Gasteiger partial charge in [0.1, 0.15) is 0 Å². The third-order valence-electron chi connectivity index (χ3n) is 4.61. The number of hydrogen-bond donors (Lipinski definition) is 1. The lowest BCUT2D eigenvalue weighted by Crippen LogP contribution is -2.22. The molecule has 1 aliphatic rings. The second-order valence-electron chi connectivity index (χ2n) is 6.73. The summed E-state index contributed by atoms with van der Waals surface area (Å²) in [6.07, 6.45) is 13.5. The Kier molecular flexibility index (Phi) is 4.79. The van der Waals surface area contributed by atoms with Gasteiger partial charge in [0.05, 0.1) is 24.6 Å². The molecule has 0 aromatic carbocycles. The van der Waals surface area contributed by atoms with Gasteiger partial charge < -0.3 is 5.32 Å². The quantitative estimate of drug-likeness (QED) is 0.891. The maximum atomic E-state index is 12.3. The van der Waals surface area contributed by atoms with Crippen molar-refractivity contribution in [2.45, 2.75) is 45.6 Å². The molecule has 1 saturated carbocycles. The maximum absolute atomic E-state index is 12.3. The van der Waals surface area contributed by atoms with Gasteiger partial charge in [-0.3, -0.25) is 14.2 Å². The lowest BCUT2D eigenvalue weighted by Gasteiger charge is -2.15. The number of nitrogens with zero attached hydrogens (tertiary/aromatic N) is 4. The van der Waals surface area contributed by atoms with E-state index in [2.05, 4.69) is 15.5 Å². The van der Waals surface area contributed by atoms with Crippen LogP contribution in [0.1, 0.15) is 44.6 Å². The molecule has 2 aromatic rings. The van der Waals surface area contributed by atoms with E-state index < -0.39 is 0 Å². The van der Waals surface area contributed by atoms with Crippen LogP contribution in [0.25, 0.3) is 0 Å². The van der Waals surface area contributed by atoms with E-state index in [-0.39, 0.29) is 11.8 Å². The average Bonchev–Trinajstić information content (AvgIpc) is 3.23. The van der Waals surface area contributed by atoms with Gasteiger partial charge in [-0.05, 0) is 12.3 Å². The number of aryl methyl sites for hydroxylation is 1. The van der Waals surface area contributed by atoms with Gasteiger partial charge in [-0.25, -0.2) is 0 Å². The van der Waals surface area contributed by atoms with E-state index in [4.69, 9.17) is 0 Å². The summed E-state index contributed by atoms with van der Waals surface area (Å²) in [5.41, 5.74) is 1.85. The zero-order chi connectivity index (χ0) is 16.2. The summed E-state index contributed by atoms with van der Waals surface area (Å²) in [6, 6.07) is 0. The van der Waals surface area contributed by atoms with Crippen LogP contribution in [-0.2, 0) is 18.4 Å². The lowest BCUT2D eigenvalue weighted by atomic mass is 9.94. The standard InChI is InChI=1S/C17H25N5O/c1-13(7-14-5-3-4-6-14)17(23)20-16-9-19-22(12-16)11-15-8-18-21(2)10-15/h8-10,12-14H,3-7,11H2,1-2H3,(H,20,23). The van der Waals surface area contributed by atoms with Crippen molar-refractivity contribution in [1.82, 2.24) is 19.6 Å². The van der Waals surface area contributed by atoms with Crippen LogP contribution in [0.4, 0.5) is 5.69 Å². The van der Waals surface area contributed by atoms with Crippen LogP contribution in [0, 0.1) is 11.8 Å². The summed E-state index contributed by atoms with van der Waals surface area (Å²) in [5.74, 6) is 0.877. The van der Waals surface area contributed by atoms with Crippen LogP contribution in [0.5, 0.6) is 0 Å². The first-order valence-electron chi connectivity index (χ1n) is 8.41. The van der Waals surface area contributed by atoms with Gasteiger partial charge in [0.25, 0.3) is 0 Å². The Balaban J connectivity index is 1.52. The Hall–Kier alpha value is -2.11. The largest absolute Gasteiger partial charge is 0.323 e. The molecule has 0 aliphatic heterocycles. The molecule has 1 N–H and O–H groups in total. The van der Waals surface area contributed by atoms with Gasteiger partial charge in [-0.15, -0.1) is 0 Å². The molecule has 6 heteroatoms. The summed E-state index contributed by atoms with van der Waals surface area (Å²) >= 11 is 0. The Morgan fingerprint density at radius 3 is 2.78 bits per heavy atom. The molecule has 2 heterocycles. The minimum atomic E-state index is 0.0553. The second kappa shape index (κ2) is 6.98. The zero-order valence-electron chi connectivity index (χ0n) is 13.9. The summed E-state index contributed by atoms with van der Waals surface area (Å²) in [5, 5.41) is 11.4. The molecule has 2 aromatic heterocycles. The van der Waals surface area contributed by atoms with Crippen molar-refractivity contribution in [2.24, 2.45) is 18.9 Å². The van der Waals surface area contributed by atoms with Crippen LogP contribution < -0.4 is 5.32 Å². The highest BCUT2D eigenvalue weighted by Gasteiger charge is 2.22. The number of anilines is 1. The molecular weight excluding hydrogens is 290 g/mol. The Morgan fingerprint density at radius 1 is 1.30 bits per heavy atom. The fourth-order valence-electron chi connectivity index (χ4n) is 3.37. The highest BCUT2D eigenvalue weighted by Crippen LogP contribution is 2.30. The number of hydrogen-bond acceptors (Lipinski definition) is 3. The number of rotatable bonds is 6. The maximum Gasteiger partial charge on any atom is 0.227 e. The van der Waals surface area contributed by atoms with E-state index in [1.165, 1.54) is 25.7 Å². The van der Waals surface area contributed by atoms with Crippen molar-refractivity contribution in [3.05, 3.63) is 30.4 Å². The predicted octanol–water partition coefficient (Wildman–Crippen LogP) is 2.82. The first-order chi connectivity index (χ1) is 11.1. The molecular formula is C17H25N5O. The highest BCUT2D eigenvalue weighted by atomic mass is 16.1. The number of amides is 1. The minimum absolute atomic E-state index is 0.0553. The van der Waals surface area contributed by atoms with Crippen molar-refractivity contribution in [3.63, 3.8) is 0 Å². The van der Waals surface area contributed by atoms with E-state index in [1.807, 2.05) is 37.2 Å². The Labute approximate surface area is 136 Å². The molecule has 1 amide bonds. The summed E-state index contributed by atoms with van der Waals surface area (Å²) < 4.78 is 3.58. The molecule has 0 saturated heterocycles. The summed E-state index contributed by atoms with van der Waals surface area (Å²) in [6.45, 7) is 2.68. The van der Waals surface area contributed by atoms with Gasteiger partial charge in [0.15, 0.2) is 0 Å². The van der Waals surface area contributed by atoms with Crippen molar-refractivity contribution < 1.29 is 4.79 Å². The molecule has 1 aliphatic carbocycles. The smallest absolute Gasteiger partial charge is 0.227 e. The molecule has 6 nitrogen and oxygen atoms in total.